The number of aromatic nitrogens is 2. The molecule has 0 unspecified atom stereocenters. The molecule has 1 N–H and O–H groups in total. The number of ether oxygens (including phenoxy) is 1. The van der Waals surface area contributed by atoms with E-state index in [0.717, 1.165) is 16.7 Å². The Kier molecular flexibility index (Phi) is 7.83. The van der Waals surface area contributed by atoms with Gasteiger partial charge in [0, 0.05) is 17.8 Å². The van der Waals surface area contributed by atoms with Gasteiger partial charge in [0.15, 0.2) is 11.5 Å². The Morgan fingerprint density at radius 3 is 2.06 bits per heavy atom. The normalized spacial score (nSPS) is 11.7. The van der Waals surface area contributed by atoms with Gasteiger partial charge < -0.3 is 18.6 Å². The summed E-state index contributed by atoms with van der Waals surface area (Å²) in [5.74, 6) is -0.318. The first kappa shape index (κ1) is 30.0. The molecule has 0 aliphatic rings. The molecule has 7 aromatic rings. The Hall–Kier alpha value is -5.67. The third-order valence-corrected chi connectivity index (χ3v) is 9.23. The molecule has 5 aromatic carbocycles. The summed E-state index contributed by atoms with van der Waals surface area (Å²) in [4.78, 5) is 4.61. The topological polar surface area (TPSA) is 90.7 Å². The maximum absolute atomic E-state index is 13.7. The van der Waals surface area contributed by atoms with Crippen LogP contribution in [0.3, 0.4) is 0 Å². The fourth-order valence-corrected chi connectivity index (χ4v) is 6.62. The van der Waals surface area contributed by atoms with E-state index in [1.165, 1.54) is 24.3 Å². The Morgan fingerprint density at radius 2 is 1.43 bits per heavy atom. The summed E-state index contributed by atoms with van der Waals surface area (Å²) in [5, 5.41) is 12.8. The van der Waals surface area contributed by atoms with Crippen molar-refractivity contribution < 1.29 is 26.8 Å². The summed E-state index contributed by atoms with van der Waals surface area (Å²) < 4.78 is 55.4. The standard InChI is InChI=1S/C38H29FN2O5S/c1-25-14-20-30(21-15-25)47(43,44)46-36-31-13-8-22-40-34(31)37(45-35(27-9-4-2-5-10-27)28-11-6-3-7-12-28)33-32(36)24-41(38(33)42)23-26-16-18-29(39)19-17-26/h2-22,24,35,42H,23H2,1H3. The van der Waals surface area contributed by atoms with Gasteiger partial charge in [0.05, 0.1) is 17.3 Å². The third-order valence-electron chi connectivity index (χ3n) is 8.00. The molecular weight excluding hydrogens is 615 g/mol. The molecule has 0 saturated carbocycles. The monoisotopic (exact) mass is 644 g/mol. The molecule has 47 heavy (non-hydrogen) atoms. The molecule has 0 aliphatic carbocycles. The first-order chi connectivity index (χ1) is 22.8. The average molecular weight is 645 g/mol. The van der Waals surface area contributed by atoms with Crippen LogP contribution in [0.15, 0.2) is 139 Å². The number of rotatable bonds is 9. The van der Waals surface area contributed by atoms with E-state index in [4.69, 9.17) is 8.92 Å². The second-order valence-corrected chi connectivity index (χ2v) is 12.8. The van der Waals surface area contributed by atoms with E-state index in [2.05, 4.69) is 4.98 Å². The lowest BCUT2D eigenvalue weighted by atomic mass is 10.0. The second-order valence-electron chi connectivity index (χ2n) is 11.2. The van der Waals surface area contributed by atoms with Gasteiger partial charge in [-0.25, -0.2) is 4.39 Å². The highest BCUT2D eigenvalue weighted by Gasteiger charge is 2.29. The zero-order valence-corrected chi connectivity index (χ0v) is 26.1. The number of hydrogen-bond donors (Lipinski definition) is 1. The first-order valence-electron chi connectivity index (χ1n) is 14.9. The van der Waals surface area contributed by atoms with Crippen LogP contribution in [-0.2, 0) is 16.7 Å². The molecular formula is C38H29FN2O5S. The molecule has 7 rings (SSSR count). The van der Waals surface area contributed by atoms with Gasteiger partial charge in [-0.15, -0.1) is 0 Å². The van der Waals surface area contributed by atoms with E-state index >= 15 is 0 Å². The summed E-state index contributed by atoms with van der Waals surface area (Å²) >= 11 is 0. The first-order valence-corrected chi connectivity index (χ1v) is 16.3. The van der Waals surface area contributed by atoms with Gasteiger partial charge >= 0.3 is 10.1 Å². The molecule has 0 saturated heterocycles. The van der Waals surface area contributed by atoms with Crippen molar-refractivity contribution in [2.75, 3.05) is 0 Å². The molecule has 2 heterocycles. The second kappa shape index (κ2) is 12.3. The predicted molar refractivity (Wildman–Crippen MR) is 179 cm³/mol. The SMILES string of the molecule is Cc1ccc(S(=O)(=O)Oc2c3cccnc3c(OC(c3ccccc3)c3ccccc3)c3c(O)n(Cc4ccc(F)cc4)cc23)cc1. The lowest BCUT2D eigenvalue weighted by molar-refractivity contribution is 0.252. The van der Waals surface area contributed by atoms with Gasteiger partial charge in [0.1, 0.15) is 22.3 Å². The van der Waals surface area contributed by atoms with E-state index in [1.807, 2.05) is 67.6 Å². The Bertz CT molecular complexity index is 2270. The summed E-state index contributed by atoms with van der Waals surface area (Å²) in [6.07, 6.45) is 2.59. The quantitative estimate of drug-likeness (QED) is 0.159. The highest BCUT2D eigenvalue weighted by molar-refractivity contribution is 7.87. The molecule has 234 valence electrons. The zero-order chi connectivity index (χ0) is 32.5. The Balaban J connectivity index is 1.47. The van der Waals surface area contributed by atoms with Crippen LogP contribution in [0.2, 0.25) is 0 Å². The van der Waals surface area contributed by atoms with Crippen LogP contribution in [0.1, 0.15) is 28.4 Å². The van der Waals surface area contributed by atoms with Crippen molar-refractivity contribution in [2.24, 2.45) is 0 Å². The molecule has 0 aliphatic heterocycles. The van der Waals surface area contributed by atoms with Crippen LogP contribution >= 0.6 is 0 Å². The van der Waals surface area contributed by atoms with Crippen molar-refractivity contribution in [1.82, 2.24) is 9.55 Å². The maximum Gasteiger partial charge on any atom is 0.339 e. The molecule has 0 radical (unpaired) electrons. The summed E-state index contributed by atoms with van der Waals surface area (Å²) in [6, 6.07) is 35.0. The summed E-state index contributed by atoms with van der Waals surface area (Å²) in [6.45, 7) is 2.03. The number of aromatic hydroxyl groups is 1. The highest BCUT2D eigenvalue weighted by Crippen LogP contribution is 2.49. The van der Waals surface area contributed by atoms with Crippen LogP contribution in [0, 0.1) is 12.7 Å². The van der Waals surface area contributed by atoms with Gasteiger partial charge in [0.2, 0.25) is 5.88 Å². The number of pyridine rings is 1. The number of halogens is 1. The number of benzene rings is 5. The van der Waals surface area contributed by atoms with Crippen LogP contribution in [0.5, 0.6) is 17.4 Å². The molecule has 0 bridgehead atoms. The molecule has 2 aromatic heterocycles. The zero-order valence-electron chi connectivity index (χ0n) is 25.2. The van der Waals surface area contributed by atoms with E-state index in [9.17, 15) is 17.9 Å². The van der Waals surface area contributed by atoms with Crippen molar-refractivity contribution in [3.05, 3.63) is 162 Å². The van der Waals surface area contributed by atoms with Crippen LogP contribution < -0.4 is 8.92 Å². The average Bonchev–Trinajstić information content (AvgIpc) is 3.41. The number of hydrogen-bond acceptors (Lipinski definition) is 6. The lowest BCUT2D eigenvalue weighted by Crippen LogP contribution is -2.12. The fraction of sp³-hybridized carbons (Fsp3) is 0.0789. The van der Waals surface area contributed by atoms with E-state index in [1.54, 1.807) is 53.4 Å². The molecule has 0 fully saturated rings. The largest absolute Gasteiger partial charge is 0.494 e. The predicted octanol–water partition coefficient (Wildman–Crippen LogP) is 8.33. The molecule has 0 atom stereocenters. The molecule has 0 spiro atoms. The van der Waals surface area contributed by atoms with Crippen molar-refractivity contribution in [3.8, 4) is 17.4 Å². The van der Waals surface area contributed by atoms with E-state index < -0.39 is 16.2 Å². The van der Waals surface area contributed by atoms with Gasteiger partial charge in [0.25, 0.3) is 0 Å². The van der Waals surface area contributed by atoms with Crippen LogP contribution in [0.4, 0.5) is 4.39 Å². The fourth-order valence-electron chi connectivity index (χ4n) is 5.65. The van der Waals surface area contributed by atoms with Gasteiger partial charge in [-0.05, 0) is 60.0 Å². The smallest absolute Gasteiger partial charge is 0.339 e. The van der Waals surface area contributed by atoms with Gasteiger partial charge in [-0.3, -0.25) is 4.98 Å². The lowest BCUT2D eigenvalue weighted by Gasteiger charge is -2.22. The maximum atomic E-state index is 13.7. The van der Waals surface area contributed by atoms with Gasteiger partial charge in [-0.1, -0.05) is 90.5 Å². The van der Waals surface area contributed by atoms with E-state index in [0.29, 0.717) is 21.9 Å². The van der Waals surface area contributed by atoms with Crippen LogP contribution in [-0.4, -0.2) is 23.1 Å². The number of aryl methyl sites for hydroxylation is 1. The summed E-state index contributed by atoms with van der Waals surface area (Å²) in [7, 11) is -4.30. The minimum absolute atomic E-state index is 0.000142. The summed E-state index contributed by atoms with van der Waals surface area (Å²) in [5.41, 5.74) is 3.65. The van der Waals surface area contributed by atoms with Crippen molar-refractivity contribution in [2.45, 2.75) is 24.5 Å². The van der Waals surface area contributed by atoms with Gasteiger partial charge in [-0.2, -0.15) is 8.42 Å². The number of fused-ring (bicyclic) bond motifs is 2. The number of nitrogens with zero attached hydrogens (tertiary/aromatic N) is 2. The highest BCUT2D eigenvalue weighted by atomic mass is 32.2. The van der Waals surface area contributed by atoms with Crippen molar-refractivity contribution in [3.63, 3.8) is 0 Å². The molecule has 7 nitrogen and oxygen atoms in total. The van der Waals surface area contributed by atoms with E-state index in [-0.39, 0.29) is 40.0 Å². The minimum atomic E-state index is -4.30. The molecule has 9 heteroatoms. The van der Waals surface area contributed by atoms with Crippen molar-refractivity contribution >= 4 is 31.8 Å². The third kappa shape index (κ3) is 5.89. The minimum Gasteiger partial charge on any atom is -0.494 e. The van der Waals surface area contributed by atoms with Crippen molar-refractivity contribution in [1.29, 1.82) is 0 Å². The Labute approximate surface area is 271 Å². The molecule has 0 amide bonds. The Morgan fingerprint density at radius 1 is 0.787 bits per heavy atom. The van der Waals surface area contributed by atoms with Crippen LogP contribution in [0.25, 0.3) is 21.7 Å².